The zero-order valence-corrected chi connectivity index (χ0v) is 21.5. The standard InChI is InChI=1S/C22H24N2O8.C4H4O4/c1-21(31)8-5-4-6-11(25)12(8)16(26)13-9(21)7-10-15(24(2)3)17(27)14(20(23)30)19(29)22(10,32)18(13)28;5-3(6)1-2-4(7)8/h4-6,9-10,15,25-26,29,31-32H,7H2,1-3H3,(H2,23,30);1-2H,(H,5,6)(H,7,8)/b;2-1+/t9-,10-,15-,21+,22-;/m0./s1. The first-order chi connectivity index (χ1) is 18.4. The fraction of sp³-hybridized carbons (Fsp3) is 0.346. The summed E-state index contributed by atoms with van der Waals surface area (Å²) in [5.74, 6) is -10.4. The van der Waals surface area contributed by atoms with Gasteiger partial charge in [0.25, 0.3) is 5.91 Å². The number of phenolic OH excluding ortho intramolecular Hbond substituents is 1. The largest absolute Gasteiger partial charge is 0.508 e. The number of hydrogen-bond acceptors (Lipinski definition) is 11. The Bertz CT molecular complexity index is 1400. The molecule has 1 aromatic rings. The summed E-state index contributed by atoms with van der Waals surface area (Å²) in [6, 6.07) is 3.02. The Balaban J connectivity index is 0.000000482. The van der Waals surface area contributed by atoms with E-state index in [-0.39, 0.29) is 17.5 Å². The van der Waals surface area contributed by atoms with Crippen LogP contribution in [0.5, 0.6) is 5.75 Å². The third kappa shape index (κ3) is 4.51. The minimum Gasteiger partial charge on any atom is -0.508 e. The van der Waals surface area contributed by atoms with Crippen molar-refractivity contribution in [1.82, 2.24) is 4.90 Å². The zero-order chi connectivity index (χ0) is 30.5. The van der Waals surface area contributed by atoms with Crippen LogP contribution in [-0.2, 0) is 29.6 Å². The molecule has 214 valence electrons. The van der Waals surface area contributed by atoms with Crippen molar-refractivity contribution in [3.05, 3.63) is 58.4 Å². The van der Waals surface area contributed by atoms with E-state index in [4.69, 9.17) is 15.9 Å². The summed E-state index contributed by atoms with van der Waals surface area (Å²) in [4.78, 5) is 59.1. The molecule has 0 radical (unpaired) electrons. The van der Waals surface area contributed by atoms with Gasteiger partial charge in [0.2, 0.25) is 5.78 Å². The highest BCUT2D eigenvalue weighted by molar-refractivity contribution is 6.24. The lowest BCUT2D eigenvalue weighted by molar-refractivity contribution is -0.159. The van der Waals surface area contributed by atoms with E-state index in [0.717, 1.165) is 0 Å². The van der Waals surface area contributed by atoms with Crippen molar-refractivity contribution in [2.24, 2.45) is 17.6 Å². The molecule has 3 aliphatic rings. The highest BCUT2D eigenvalue weighted by Gasteiger charge is 2.66. The number of ketones is 2. The molecular weight excluding hydrogens is 532 g/mol. The van der Waals surface area contributed by atoms with E-state index < -0.39 is 86.9 Å². The summed E-state index contributed by atoms with van der Waals surface area (Å²) in [5, 5.41) is 70.5. The Hall–Kier alpha value is -4.53. The molecule has 0 bridgehead atoms. The van der Waals surface area contributed by atoms with E-state index >= 15 is 0 Å². The van der Waals surface area contributed by atoms with Crippen molar-refractivity contribution >= 4 is 35.2 Å². The first-order valence-electron chi connectivity index (χ1n) is 11.7. The number of nitrogens with two attached hydrogens (primary N) is 1. The fourth-order valence-electron chi connectivity index (χ4n) is 5.64. The van der Waals surface area contributed by atoms with E-state index in [0.29, 0.717) is 12.2 Å². The average molecular weight is 561 g/mol. The normalized spacial score (nSPS) is 29.4. The molecule has 0 spiro atoms. The number of aliphatic hydroxyl groups is 4. The number of carbonyl (C=O) groups excluding carboxylic acids is 3. The average Bonchev–Trinajstić information content (AvgIpc) is 2.83. The van der Waals surface area contributed by atoms with Crippen molar-refractivity contribution in [2.75, 3.05) is 14.1 Å². The number of fused-ring (bicyclic) bond motifs is 3. The summed E-state index contributed by atoms with van der Waals surface area (Å²) in [6.45, 7) is 1.40. The number of aliphatic hydroxyl groups excluding tert-OH is 2. The molecular formula is C26H28N2O12. The second kappa shape index (κ2) is 10.2. The molecule has 0 aliphatic heterocycles. The number of rotatable bonds is 4. The molecule has 3 aliphatic carbocycles. The van der Waals surface area contributed by atoms with Gasteiger partial charge in [-0.1, -0.05) is 12.1 Å². The van der Waals surface area contributed by atoms with Crippen LogP contribution < -0.4 is 5.73 Å². The van der Waals surface area contributed by atoms with Crippen molar-refractivity contribution < 1.29 is 59.7 Å². The lowest BCUT2D eigenvalue weighted by Gasteiger charge is -2.53. The van der Waals surface area contributed by atoms with Gasteiger partial charge in [-0.05, 0) is 39.1 Å². The fourth-order valence-corrected chi connectivity index (χ4v) is 5.64. The minimum absolute atomic E-state index is 0.170. The lowest BCUT2D eigenvalue weighted by Crippen LogP contribution is -2.67. The van der Waals surface area contributed by atoms with Gasteiger partial charge in [-0.15, -0.1) is 0 Å². The van der Waals surface area contributed by atoms with E-state index in [1.165, 1.54) is 44.1 Å². The van der Waals surface area contributed by atoms with Crippen molar-refractivity contribution in [3.63, 3.8) is 0 Å². The SMILES string of the molecule is CN(C)[C@@H]1C(=O)C(C(N)=O)=C(O)[C@@]2(O)C(=O)C3=C(O)c4c(O)cccc4[C@@](C)(O)[C@H]3C[C@@H]12.O=C(O)/C=C/C(=O)O. The molecule has 1 fully saturated rings. The number of carbonyl (C=O) groups is 5. The number of hydrogen-bond donors (Lipinski definition) is 8. The number of benzene rings is 1. The lowest BCUT2D eigenvalue weighted by atomic mass is 9.54. The summed E-state index contributed by atoms with van der Waals surface area (Å²) >= 11 is 0. The van der Waals surface area contributed by atoms with Crippen LogP contribution in [0, 0.1) is 11.8 Å². The minimum atomic E-state index is -2.75. The van der Waals surface area contributed by atoms with Gasteiger partial charge in [0.05, 0.1) is 17.2 Å². The number of carboxylic acid groups (broad SMARTS) is 2. The Kier molecular flexibility index (Phi) is 7.67. The molecule has 4 rings (SSSR count). The Morgan fingerprint density at radius 1 is 1.02 bits per heavy atom. The molecule has 0 heterocycles. The number of phenols is 1. The van der Waals surface area contributed by atoms with Crippen LogP contribution in [-0.4, -0.2) is 95.8 Å². The molecule has 0 saturated heterocycles. The van der Waals surface area contributed by atoms with Crippen molar-refractivity contribution in [3.8, 4) is 5.75 Å². The quantitative estimate of drug-likeness (QED) is 0.168. The predicted octanol–water partition coefficient (Wildman–Crippen LogP) is -0.659. The summed E-state index contributed by atoms with van der Waals surface area (Å²) in [7, 11) is 3.01. The highest BCUT2D eigenvalue weighted by Crippen LogP contribution is 2.57. The number of Topliss-reactive ketones (excluding diaryl/α,β-unsaturated/α-hetero) is 2. The van der Waals surface area contributed by atoms with Gasteiger partial charge in [-0.3, -0.25) is 19.3 Å². The Morgan fingerprint density at radius 3 is 2.05 bits per heavy atom. The molecule has 14 nitrogen and oxygen atoms in total. The number of primary amides is 1. The molecule has 1 saturated carbocycles. The monoisotopic (exact) mass is 560 g/mol. The van der Waals surface area contributed by atoms with Crippen LogP contribution >= 0.6 is 0 Å². The second-order valence-corrected chi connectivity index (χ2v) is 9.97. The molecule has 1 amide bonds. The molecule has 14 heteroatoms. The predicted molar refractivity (Wildman–Crippen MR) is 135 cm³/mol. The second-order valence-electron chi connectivity index (χ2n) is 9.97. The molecule has 0 unspecified atom stereocenters. The van der Waals surface area contributed by atoms with Gasteiger partial charge in [0.1, 0.15) is 22.8 Å². The molecule has 0 aromatic heterocycles. The van der Waals surface area contributed by atoms with Crippen LogP contribution in [0.15, 0.2) is 47.3 Å². The summed E-state index contributed by atoms with van der Waals surface area (Å²) in [6.07, 6.45) is 0.916. The topological polar surface area (TPSA) is 256 Å². The highest BCUT2D eigenvalue weighted by atomic mass is 16.4. The van der Waals surface area contributed by atoms with Gasteiger partial charge < -0.3 is 41.5 Å². The number of amides is 1. The van der Waals surface area contributed by atoms with Crippen molar-refractivity contribution in [2.45, 2.75) is 30.6 Å². The van der Waals surface area contributed by atoms with Crippen LogP contribution in [0.25, 0.3) is 5.76 Å². The van der Waals surface area contributed by atoms with E-state index in [2.05, 4.69) is 0 Å². The van der Waals surface area contributed by atoms with E-state index in [9.17, 15) is 49.5 Å². The smallest absolute Gasteiger partial charge is 0.328 e. The molecule has 1 aromatic carbocycles. The van der Waals surface area contributed by atoms with Crippen LogP contribution in [0.1, 0.15) is 24.5 Å². The zero-order valence-electron chi connectivity index (χ0n) is 21.5. The first kappa shape index (κ1) is 30.0. The van der Waals surface area contributed by atoms with Gasteiger partial charge in [0.15, 0.2) is 11.4 Å². The van der Waals surface area contributed by atoms with E-state index in [1.807, 2.05) is 0 Å². The van der Waals surface area contributed by atoms with Gasteiger partial charge >= 0.3 is 11.9 Å². The van der Waals surface area contributed by atoms with Crippen LogP contribution in [0.4, 0.5) is 0 Å². The summed E-state index contributed by atoms with van der Waals surface area (Å²) < 4.78 is 0. The van der Waals surface area contributed by atoms with Crippen molar-refractivity contribution in [1.29, 1.82) is 0 Å². The molecule has 5 atom stereocenters. The molecule has 40 heavy (non-hydrogen) atoms. The van der Waals surface area contributed by atoms with E-state index in [1.54, 1.807) is 0 Å². The number of carboxylic acids is 2. The number of aliphatic carboxylic acids is 2. The van der Waals surface area contributed by atoms with Crippen LogP contribution in [0.2, 0.25) is 0 Å². The summed E-state index contributed by atoms with van der Waals surface area (Å²) in [5.41, 5.74) is -0.548. The first-order valence-corrected chi connectivity index (χ1v) is 11.7. The van der Waals surface area contributed by atoms with Gasteiger partial charge in [-0.2, -0.15) is 0 Å². The van der Waals surface area contributed by atoms with Gasteiger partial charge in [-0.25, -0.2) is 9.59 Å². The maximum atomic E-state index is 13.7. The maximum Gasteiger partial charge on any atom is 0.328 e. The number of aromatic hydroxyl groups is 1. The maximum absolute atomic E-state index is 13.7. The Labute approximate surface area is 226 Å². The molecule has 9 N–H and O–H groups in total. The number of nitrogens with zero attached hydrogens (tertiary/aromatic N) is 1. The van der Waals surface area contributed by atoms with Crippen LogP contribution in [0.3, 0.4) is 0 Å². The Morgan fingerprint density at radius 2 is 1.57 bits per heavy atom. The third-order valence-corrected chi connectivity index (χ3v) is 7.39. The van der Waals surface area contributed by atoms with Gasteiger partial charge in [0, 0.05) is 29.6 Å². The third-order valence-electron chi connectivity index (χ3n) is 7.39. The number of likely N-dealkylation sites (N-methyl/N-ethyl adjacent to an activating group) is 1.